The maximum absolute atomic E-state index is 13.8. The number of benzene rings is 6. The summed E-state index contributed by atoms with van der Waals surface area (Å²) in [6.45, 7) is 0. The first-order valence-electron chi connectivity index (χ1n) is 16.1. The third-order valence-corrected chi connectivity index (χ3v) is 9.29. The van der Waals surface area contributed by atoms with Crippen LogP contribution < -0.4 is 25.4 Å². The molecule has 0 spiro atoms. The Bertz CT molecular complexity index is 2180. The quantitative estimate of drug-likeness (QED) is 0.0875. The molecule has 0 aromatic heterocycles. The second-order valence-electron chi connectivity index (χ2n) is 11.4. The lowest BCUT2D eigenvalue weighted by molar-refractivity contribution is -0.116. The van der Waals surface area contributed by atoms with Crippen LogP contribution >= 0.6 is 11.8 Å². The lowest BCUT2D eigenvalue weighted by atomic mass is 10.1. The first-order valence-corrected chi connectivity index (χ1v) is 17.0. The highest BCUT2D eigenvalue weighted by molar-refractivity contribution is 8.00. The van der Waals surface area contributed by atoms with Gasteiger partial charge in [-0.2, -0.15) is 0 Å². The summed E-state index contributed by atoms with van der Waals surface area (Å²) in [7, 11) is 3.07. The van der Waals surface area contributed by atoms with Crippen molar-refractivity contribution in [2.75, 3.05) is 24.9 Å². The van der Waals surface area contributed by atoms with Crippen LogP contribution in [-0.2, 0) is 9.59 Å². The Morgan fingerprint density at radius 2 is 1.37 bits per heavy atom. The third-order valence-electron chi connectivity index (χ3n) is 8.02. The van der Waals surface area contributed by atoms with Crippen LogP contribution in [-0.4, -0.2) is 31.9 Å². The lowest BCUT2D eigenvalue weighted by Crippen LogP contribution is -2.30. The van der Waals surface area contributed by atoms with Crippen molar-refractivity contribution in [1.29, 1.82) is 0 Å². The second-order valence-corrected chi connectivity index (χ2v) is 12.6. The van der Waals surface area contributed by atoms with E-state index < -0.39 is 17.1 Å². The first kappa shape index (κ1) is 34.5. The summed E-state index contributed by atoms with van der Waals surface area (Å²) >= 11 is 1.41. The van der Waals surface area contributed by atoms with Crippen molar-refractivity contribution < 1.29 is 23.9 Å². The molecule has 0 fully saturated rings. The van der Waals surface area contributed by atoms with Crippen LogP contribution in [0.25, 0.3) is 16.8 Å². The maximum Gasteiger partial charge on any atom is 0.272 e. The van der Waals surface area contributed by atoms with E-state index in [1.165, 1.54) is 18.9 Å². The molecule has 0 aliphatic rings. The van der Waals surface area contributed by atoms with E-state index in [0.717, 1.165) is 26.9 Å². The molecule has 8 nitrogen and oxygen atoms in total. The highest BCUT2D eigenvalue weighted by atomic mass is 32.2. The van der Waals surface area contributed by atoms with Crippen molar-refractivity contribution in [3.63, 3.8) is 0 Å². The first-order chi connectivity index (χ1) is 24.9. The summed E-state index contributed by atoms with van der Waals surface area (Å²) in [6.07, 6.45) is 1.55. The summed E-state index contributed by atoms with van der Waals surface area (Å²) in [5.74, 6) is -0.0776. The zero-order chi connectivity index (χ0) is 35.6. The summed E-state index contributed by atoms with van der Waals surface area (Å²) in [6, 6.07) is 44.4. The van der Waals surface area contributed by atoms with Gasteiger partial charge in [0.15, 0.2) is 0 Å². The Kier molecular flexibility index (Phi) is 11.1. The highest BCUT2D eigenvalue weighted by Gasteiger charge is 2.23. The van der Waals surface area contributed by atoms with Crippen molar-refractivity contribution >= 4 is 57.7 Å². The molecule has 0 heterocycles. The minimum atomic E-state index is -0.548. The van der Waals surface area contributed by atoms with E-state index in [2.05, 4.69) is 16.0 Å². The van der Waals surface area contributed by atoms with Crippen LogP contribution in [0.4, 0.5) is 11.4 Å². The fraction of sp³-hybridized carbons (Fsp3) is 0.0714. The molecule has 254 valence electrons. The van der Waals surface area contributed by atoms with Gasteiger partial charge in [-0.25, -0.2) is 0 Å². The van der Waals surface area contributed by atoms with Crippen molar-refractivity contribution in [3.8, 4) is 11.5 Å². The van der Waals surface area contributed by atoms with E-state index in [0.29, 0.717) is 28.3 Å². The Balaban J connectivity index is 1.22. The molecule has 1 atom stereocenters. The second kappa shape index (κ2) is 16.4. The Morgan fingerprint density at radius 3 is 2.10 bits per heavy atom. The number of carbonyl (C=O) groups excluding carboxylic acids is 3. The molecule has 3 N–H and O–H groups in total. The highest BCUT2D eigenvalue weighted by Crippen LogP contribution is 2.37. The van der Waals surface area contributed by atoms with E-state index in [9.17, 15) is 14.4 Å². The molecule has 0 bridgehead atoms. The number of ether oxygens (including phenoxy) is 2. The normalized spacial score (nSPS) is 11.7. The van der Waals surface area contributed by atoms with Gasteiger partial charge in [-0.05, 0) is 71.6 Å². The average Bonchev–Trinajstić information content (AvgIpc) is 3.18. The van der Waals surface area contributed by atoms with Crippen molar-refractivity contribution in [2.24, 2.45) is 0 Å². The van der Waals surface area contributed by atoms with Crippen LogP contribution in [0.3, 0.4) is 0 Å². The molecule has 6 aromatic rings. The van der Waals surface area contributed by atoms with Gasteiger partial charge in [0.1, 0.15) is 22.4 Å². The van der Waals surface area contributed by atoms with Gasteiger partial charge >= 0.3 is 0 Å². The van der Waals surface area contributed by atoms with Gasteiger partial charge in [-0.3, -0.25) is 14.4 Å². The molecule has 1 unspecified atom stereocenters. The predicted octanol–water partition coefficient (Wildman–Crippen LogP) is 8.74. The molecule has 3 amide bonds. The van der Waals surface area contributed by atoms with Gasteiger partial charge in [0.2, 0.25) is 5.91 Å². The number of anilines is 2. The van der Waals surface area contributed by atoms with E-state index in [4.69, 9.17) is 9.47 Å². The average molecular weight is 694 g/mol. The molecule has 6 aromatic carbocycles. The maximum atomic E-state index is 13.8. The molecular weight excluding hydrogens is 659 g/mol. The molecule has 0 radical (unpaired) electrons. The van der Waals surface area contributed by atoms with Crippen LogP contribution in [0.15, 0.2) is 156 Å². The van der Waals surface area contributed by atoms with Gasteiger partial charge < -0.3 is 25.4 Å². The molecule has 0 aliphatic carbocycles. The number of fused-ring (bicyclic) bond motifs is 1. The summed E-state index contributed by atoms with van der Waals surface area (Å²) in [5.41, 5.74) is 3.08. The Hall–Kier alpha value is -6.32. The fourth-order valence-corrected chi connectivity index (χ4v) is 6.44. The standard InChI is InChI=1S/C42H35N3O5S/c1-49-33-23-20-31(38(27-33)50-2)26-37(45-40(46)30-15-7-4-8-16-30)41(47)43-32-21-24-34(25-22-32)51-39(29-13-5-3-6-14-29)42(48)44-36-19-11-17-28-12-9-10-18-35(28)36/h3-27,39H,1-2H3,(H,43,47)(H,44,48)(H,45,46)/b37-26-. The number of nitrogens with one attached hydrogen (secondary N) is 3. The predicted molar refractivity (Wildman–Crippen MR) is 204 cm³/mol. The minimum absolute atomic E-state index is 0.0139. The number of hydrogen-bond donors (Lipinski definition) is 3. The monoisotopic (exact) mass is 693 g/mol. The van der Waals surface area contributed by atoms with E-state index in [1.807, 2.05) is 91.0 Å². The minimum Gasteiger partial charge on any atom is -0.497 e. The van der Waals surface area contributed by atoms with Crippen molar-refractivity contribution in [1.82, 2.24) is 5.32 Å². The lowest BCUT2D eigenvalue weighted by Gasteiger charge is -2.18. The number of rotatable bonds is 12. The third kappa shape index (κ3) is 8.65. The summed E-state index contributed by atoms with van der Waals surface area (Å²) in [4.78, 5) is 41.5. The van der Waals surface area contributed by atoms with Crippen LogP contribution in [0.1, 0.15) is 26.7 Å². The van der Waals surface area contributed by atoms with Crippen LogP contribution in [0.2, 0.25) is 0 Å². The number of amides is 3. The SMILES string of the molecule is COc1ccc(/C=C(\NC(=O)c2ccccc2)C(=O)Nc2ccc(SC(C(=O)Nc3cccc4ccccc34)c3ccccc3)cc2)c(OC)c1. The smallest absolute Gasteiger partial charge is 0.272 e. The summed E-state index contributed by atoms with van der Waals surface area (Å²) in [5, 5.41) is 10.2. The molecule has 9 heteroatoms. The Morgan fingerprint density at radius 1 is 0.686 bits per heavy atom. The summed E-state index contributed by atoms with van der Waals surface area (Å²) < 4.78 is 10.8. The van der Waals surface area contributed by atoms with Crippen LogP contribution in [0, 0.1) is 0 Å². The number of hydrogen-bond acceptors (Lipinski definition) is 6. The van der Waals surface area contributed by atoms with Crippen LogP contribution in [0.5, 0.6) is 11.5 Å². The largest absolute Gasteiger partial charge is 0.497 e. The van der Waals surface area contributed by atoms with E-state index in [1.54, 1.807) is 67.8 Å². The van der Waals surface area contributed by atoms with Gasteiger partial charge in [0.05, 0.1) is 14.2 Å². The van der Waals surface area contributed by atoms with E-state index in [-0.39, 0.29) is 11.6 Å². The molecule has 0 saturated carbocycles. The topological polar surface area (TPSA) is 106 Å². The molecular formula is C42H35N3O5S. The van der Waals surface area contributed by atoms with Gasteiger partial charge in [0, 0.05) is 38.8 Å². The van der Waals surface area contributed by atoms with Gasteiger partial charge in [-0.1, -0.05) is 84.9 Å². The molecule has 51 heavy (non-hydrogen) atoms. The van der Waals surface area contributed by atoms with E-state index >= 15 is 0 Å². The number of thioether (sulfide) groups is 1. The van der Waals surface area contributed by atoms with Crippen molar-refractivity contribution in [2.45, 2.75) is 10.1 Å². The molecule has 0 aliphatic heterocycles. The van der Waals surface area contributed by atoms with Crippen molar-refractivity contribution in [3.05, 3.63) is 168 Å². The Labute approximate surface area is 300 Å². The number of methoxy groups -OCH3 is 2. The van der Waals surface area contributed by atoms with Gasteiger partial charge in [0.25, 0.3) is 11.8 Å². The zero-order valence-corrected chi connectivity index (χ0v) is 28.8. The fourth-order valence-electron chi connectivity index (χ4n) is 5.42. The zero-order valence-electron chi connectivity index (χ0n) is 28.0. The molecule has 6 rings (SSSR count). The molecule has 0 saturated heterocycles. The number of carbonyl (C=O) groups is 3. The van der Waals surface area contributed by atoms with Gasteiger partial charge in [-0.15, -0.1) is 11.8 Å².